The molecule has 2 aliphatic carbocycles. The van der Waals surface area contributed by atoms with E-state index in [0.29, 0.717) is 5.56 Å². The second kappa shape index (κ2) is 4.07. The molecule has 0 fully saturated rings. The molecule has 0 aromatic rings. The molecule has 0 aromatic carbocycles. The molecule has 0 aliphatic heterocycles. The van der Waals surface area contributed by atoms with Gasteiger partial charge in [0.05, 0.1) is 12.7 Å². The fourth-order valence-electron chi connectivity index (χ4n) is 1.04. The third-order valence-corrected chi connectivity index (χ3v) is 1.65. The van der Waals surface area contributed by atoms with Crippen LogP contribution in [0, 0.1) is 0 Å². The lowest BCUT2D eigenvalue weighted by Crippen LogP contribution is -1.98. The van der Waals surface area contributed by atoms with Crippen molar-refractivity contribution in [1.29, 1.82) is 0 Å². The van der Waals surface area contributed by atoms with Crippen molar-refractivity contribution in [3.05, 3.63) is 23.8 Å². The Kier molecular flexibility index (Phi) is 3.05. The molecule has 5 heteroatoms. The van der Waals surface area contributed by atoms with Gasteiger partial charge in [0.2, 0.25) is 0 Å². The van der Waals surface area contributed by atoms with Gasteiger partial charge in [0.1, 0.15) is 0 Å². The van der Waals surface area contributed by atoms with E-state index in [9.17, 15) is 4.79 Å². The van der Waals surface area contributed by atoms with E-state index >= 15 is 0 Å². The minimum absolute atomic E-state index is 0. The molecule has 0 unspecified atom stereocenters. The third kappa shape index (κ3) is 2.08. The van der Waals surface area contributed by atoms with E-state index in [2.05, 4.69) is 4.74 Å². The molecule has 0 bridgehead atoms. The Morgan fingerprint density at radius 3 is 2.38 bits per heavy atom. The van der Waals surface area contributed by atoms with E-state index in [1.54, 1.807) is 6.07 Å². The van der Waals surface area contributed by atoms with Gasteiger partial charge in [0, 0.05) is 0 Å². The molecule has 2 N–H and O–H groups in total. The van der Waals surface area contributed by atoms with Gasteiger partial charge in [-0.25, -0.2) is 4.79 Å². The number of esters is 1. The molecule has 1 radical (unpaired) electrons. The van der Waals surface area contributed by atoms with Crippen molar-refractivity contribution < 1.29 is 19.6 Å². The second-order valence-electron chi connectivity index (χ2n) is 2.37. The Hall–Kier alpha value is -1.33. The lowest BCUT2D eigenvalue weighted by molar-refractivity contribution is 0.0602. The van der Waals surface area contributed by atoms with Crippen molar-refractivity contribution >= 4 is 13.7 Å². The van der Waals surface area contributed by atoms with Gasteiger partial charge >= 0.3 is 13.7 Å². The topological polar surface area (TPSA) is 66.8 Å². The van der Waals surface area contributed by atoms with E-state index in [0.717, 1.165) is 5.56 Å². The summed E-state index contributed by atoms with van der Waals surface area (Å²) in [6, 6.07) is 5.67. The van der Waals surface area contributed by atoms with E-state index in [4.69, 9.17) is 10.0 Å². The van der Waals surface area contributed by atoms with Crippen LogP contribution in [-0.2, 0) is 4.74 Å². The summed E-state index contributed by atoms with van der Waals surface area (Å²) >= 11 is 0. The quantitative estimate of drug-likeness (QED) is 0.476. The first-order chi connectivity index (χ1) is 6.24. The smallest absolute Gasteiger partial charge is 0.465 e. The minimum atomic E-state index is -0.241. The number of carbonyl (C=O) groups excluding carboxylic acids is 1. The van der Waals surface area contributed by atoms with Crippen molar-refractivity contribution in [2.24, 2.45) is 0 Å². The standard InChI is InChI=1S/C8H6O2.BH2O2/c1-10-8(9)6-3-2-5-4-7(5)6;2-1-3/h2-4H,1H3;2-3H. The van der Waals surface area contributed by atoms with Gasteiger partial charge in [-0.05, 0) is 23.3 Å². The normalized spacial score (nSPS) is 9.46. The van der Waals surface area contributed by atoms with E-state index in [1.807, 2.05) is 12.1 Å². The third-order valence-electron chi connectivity index (χ3n) is 1.65. The highest BCUT2D eigenvalue weighted by molar-refractivity contribution is 6.13. The fraction of sp³-hybridized carbons (Fsp3) is 0.125. The average molecular weight is 179 g/mol. The summed E-state index contributed by atoms with van der Waals surface area (Å²) < 4.78 is 4.55. The largest absolute Gasteiger partial charge is 0.482 e. The predicted molar refractivity (Wildman–Crippen MR) is 47.0 cm³/mol. The zero-order chi connectivity index (χ0) is 9.84. The predicted octanol–water partition coefficient (Wildman–Crippen LogP) is -0.0412. The molecule has 0 amide bonds. The second-order valence-corrected chi connectivity index (χ2v) is 2.37. The number of hydrogen-bond acceptors (Lipinski definition) is 4. The Bertz CT molecular complexity index is 324. The van der Waals surface area contributed by atoms with Crippen molar-refractivity contribution in [2.75, 3.05) is 7.11 Å². The number of methoxy groups -OCH3 is 1. The number of fused-ring (bicyclic) bond motifs is 1. The van der Waals surface area contributed by atoms with Gasteiger partial charge in [0.25, 0.3) is 0 Å². The van der Waals surface area contributed by atoms with Crippen LogP contribution in [0.3, 0.4) is 0 Å². The molecule has 0 atom stereocenters. The Labute approximate surface area is 76.1 Å². The average Bonchev–Trinajstić information content (AvgIpc) is 2.78. The highest BCUT2D eigenvalue weighted by Crippen LogP contribution is 2.38. The number of ether oxygens (including phenoxy) is 1. The molecule has 4 nitrogen and oxygen atoms in total. The number of carbonyl (C=O) groups is 1. The van der Waals surface area contributed by atoms with Crippen molar-refractivity contribution in [1.82, 2.24) is 0 Å². The van der Waals surface area contributed by atoms with Crippen LogP contribution in [0.1, 0.15) is 10.4 Å². The van der Waals surface area contributed by atoms with Crippen LogP contribution in [-0.4, -0.2) is 30.8 Å². The maximum Gasteiger partial charge on any atom is 0.482 e. The van der Waals surface area contributed by atoms with Crippen LogP contribution in [0.2, 0.25) is 0 Å². The zero-order valence-corrected chi connectivity index (χ0v) is 7.02. The Balaban J connectivity index is 0.000000251. The number of rotatable bonds is 1. The van der Waals surface area contributed by atoms with Gasteiger partial charge in [-0.1, -0.05) is 6.07 Å². The molecule has 0 heterocycles. The van der Waals surface area contributed by atoms with Crippen LogP contribution >= 0.6 is 0 Å². The van der Waals surface area contributed by atoms with E-state index in [1.165, 1.54) is 12.7 Å². The van der Waals surface area contributed by atoms with E-state index < -0.39 is 0 Å². The summed E-state index contributed by atoms with van der Waals surface area (Å²) in [5.74, 6) is -0.241. The summed E-state index contributed by atoms with van der Waals surface area (Å²) in [4.78, 5) is 10.9. The summed E-state index contributed by atoms with van der Waals surface area (Å²) in [5, 5.41) is 14.0. The molecule has 67 valence electrons. The molecule has 0 saturated carbocycles. The first kappa shape index (κ1) is 9.76. The fourth-order valence-corrected chi connectivity index (χ4v) is 1.04. The highest BCUT2D eigenvalue weighted by atomic mass is 16.5. The SMILES string of the molecule is COC(=O)c1ccc2cc1-2.O[B]O. The van der Waals surface area contributed by atoms with Gasteiger partial charge < -0.3 is 14.8 Å². The summed E-state index contributed by atoms with van der Waals surface area (Å²) in [7, 11) is 1.39. The van der Waals surface area contributed by atoms with Crippen molar-refractivity contribution in [3.8, 4) is 11.1 Å². The molecular formula is C8H8BO4. The minimum Gasteiger partial charge on any atom is -0.465 e. The Morgan fingerprint density at radius 1 is 1.46 bits per heavy atom. The molecule has 2 aliphatic rings. The van der Waals surface area contributed by atoms with Gasteiger partial charge in [-0.2, -0.15) is 0 Å². The molecule has 13 heavy (non-hydrogen) atoms. The van der Waals surface area contributed by atoms with Gasteiger partial charge in [-0.15, -0.1) is 0 Å². The number of hydrogen-bond donors (Lipinski definition) is 2. The zero-order valence-electron chi connectivity index (χ0n) is 7.02. The first-order valence-corrected chi connectivity index (χ1v) is 3.57. The molecule has 0 spiro atoms. The lowest BCUT2D eigenvalue weighted by atomic mass is 10.3. The van der Waals surface area contributed by atoms with Gasteiger partial charge in [-0.3, -0.25) is 0 Å². The lowest BCUT2D eigenvalue weighted by Gasteiger charge is -1.92. The molecule has 0 saturated heterocycles. The maximum atomic E-state index is 10.9. The summed E-state index contributed by atoms with van der Waals surface area (Å²) in [5.41, 5.74) is 2.91. The monoisotopic (exact) mass is 179 g/mol. The van der Waals surface area contributed by atoms with Crippen LogP contribution in [0.5, 0.6) is 0 Å². The van der Waals surface area contributed by atoms with Gasteiger partial charge in [0.15, 0.2) is 0 Å². The highest BCUT2D eigenvalue weighted by Gasteiger charge is 2.22. The maximum absolute atomic E-state index is 10.9. The van der Waals surface area contributed by atoms with Crippen LogP contribution < -0.4 is 0 Å². The first-order valence-electron chi connectivity index (χ1n) is 3.57. The van der Waals surface area contributed by atoms with E-state index in [-0.39, 0.29) is 13.7 Å². The Morgan fingerprint density at radius 2 is 2.08 bits per heavy atom. The molecule has 2 rings (SSSR count). The summed E-state index contributed by atoms with van der Waals surface area (Å²) in [6.07, 6.45) is 0. The van der Waals surface area contributed by atoms with Crippen molar-refractivity contribution in [3.63, 3.8) is 0 Å². The number of benzene rings is 1. The van der Waals surface area contributed by atoms with Crippen molar-refractivity contribution in [2.45, 2.75) is 0 Å². The van der Waals surface area contributed by atoms with Crippen LogP contribution in [0.15, 0.2) is 18.2 Å². The van der Waals surface area contributed by atoms with Crippen LogP contribution in [0.4, 0.5) is 0 Å². The summed E-state index contributed by atoms with van der Waals surface area (Å²) in [6.45, 7) is 0. The molecule has 0 aromatic heterocycles. The molecular weight excluding hydrogens is 171 g/mol. The van der Waals surface area contributed by atoms with Crippen LogP contribution in [0.25, 0.3) is 11.1 Å².